The van der Waals surface area contributed by atoms with E-state index >= 15 is 0 Å². The van der Waals surface area contributed by atoms with Gasteiger partial charge < -0.3 is 10.6 Å². The van der Waals surface area contributed by atoms with Gasteiger partial charge in [0.15, 0.2) is 5.96 Å². The van der Waals surface area contributed by atoms with Crippen molar-refractivity contribution in [2.45, 2.75) is 33.1 Å². The summed E-state index contributed by atoms with van der Waals surface area (Å²) in [5.74, 6) is -0.140. The van der Waals surface area contributed by atoms with Crippen LogP contribution < -0.4 is 10.6 Å². The molecule has 0 spiro atoms. The second-order valence-electron chi connectivity index (χ2n) is 5.50. The third kappa shape index (κ3) is 6.42. The summed E-state index contributed by atoms with van der Waals surface area (Å²) in [5, 5.41) is 7.38. The first-order chi connectivity index (χ1) is 12.1. The molecule has 7 heteroatoms. The van der Waals surface area contributed by atoms with E-state index in [1.54, 1.807) is 11.3 Å². The van der Waals surface area contributed by atoms with Crippen LogP contribution in [0, 0.1) is 11.6 Å². The van der Waals surface area contributed by atoms with Crippen LogP contribution in [0.1, 0.15) is 29.3 Å². The molecule has 2 rings (SSSR count). The molecule has 0 radical (unpaired) electrons. The Kier molecular flexibility index (Phi) is 7.78. The monoisotopic (exact) mass is 366 g/mol. The Morgan fingerprint density at radius 2 is 2.04 bits per heavy atom. The molecule has 0 aliphatic heterocycles. The number of aromatic nitrogens is 1. The summed E-state index contributed by atoms with van der Waals surface area (Å²) in [6, 6.07) is 3.51. The number of benzene rings is 1. The summed E-state index contributed by atoms with van der Waals surface area (Å²) < 4.78 is 26.8. The topological polar surface area (TPSA) is 49.3 Å². The van der Waals surface area contributed by atoms with Crippen molar-refractivity contribution in [2.75, 3.05) is 19.6 Å². The SMILES string of the molecule is CCNC(=NCCc1ncc(CC)s1)NCCc1cc(F)ccc1F. The Labute approximate surface area is 151 Å². The van der Waals surface area contributed by atoms with E-state index in [0.717, 1.165) is 36.5 Å². The Balaban J connectivity index is 1.83. The van der Waals surface area contributed by atoms with Crippen molar-refractivity contribution in [1.82, 2.24) is 15.6 Å². The summed E-state index contributed by atoms with van der Waals surface area (Å²) in [6.45, 7) is 5.93. The molecule has 2 aromatic rings. The number of hydrogen-bond acceptors (Lipinski definition) is 3. The Morgan fingerprint density at radius 3 is 2.76 bits per heavy atom. The number of thiazole rings is 1. The third-order valence-corrected chi connectivity index (χ3v) is 4.79. The minimum absolute atomic E-state index is 0.359. The predicted octanol–water partition coefficient (Wildman–Crippen LogP) is 3.32. The predicted molar refractivity (Wildman–Crippen MR) is 99.2 cm³/mol. The Morgan fingerprint density at radius 1 is 1.20 bits per heavy atom. The minimum Gasteiger partial charge on any atom is -0.357 e. The standard InChI is InChI=1S/C18H24F2N4S/c1-3-15-12-24-17(25-15)8-10-23-18(21-4-2)22-9-7-13-11-14(19)5-6-16(13)20/h5-6,11-12H,3-4,7-10H2,1-2H3,(H2,21,22,23). The first-order valence-corrected chi connectivity index (χ1v) is 9.33. The first-order valence-electron chi connectivity index (χ1n) is 8.52. The van der Waals surface area contributed by atoms with Crippen LogP contribution in [-0.2, 0) is 19.3 Å². The fraction of sp³-hybridized carbons (Fsp3) is 0.444. The summed E-state index contributed by atoms with van der Waals surface area (Å²) in [4.78, 5) is 10.2. The number of halogens is 2. The number of hydrogen-bond donors (Lipinski definition) is 2. The number of nitrogens with one attached hydrogen (secondary N) is 2. The summed E-state index contributed by atoms with van der Waals surface area (Å²) in [7, 11) is 0. The van der Waals surface area contributed by atoms with Crippen LogP contribution in [-0.4, -0.2) is 30.6 Å². The van der Waals surface area contributed by atoms with Crippen molar-refractivity contribution in [2.24, 2.45) is 4.99 Å². The molecule has 1 aromatic carbocycles. The van der Waals surface area contributed by atoms with Gasteiger partial charge in [-0.05, 0) is 43.5 Å². The fourth-order valence-corrected chi connectivity index (χ4v) is 3.13. The van der Waals surface area contributed by atoms with Crippen LogP contribution in [0.4, 0.5) is 8.78 Å². The van der Waals surface area contributed by atoms with Crippen molar-refractivity contribution in [3.8, 4) is 0 Å². The zero-order valence-corrected chi connectivity index (χ0v) is 15.4. The number of nitrogens with zero attached hydrogens (tertiary/aromatic N) is 2. The zero-order chi connectivity index (χ0) is 18.1. The second kappa shape index (κ2) is 10.1. The lowest BCUT2D eigenvalue weighted by Crippen LogP contribution is -2.38. The molecule has 0 saturated carbocycles. The normalized spacial score (nSPS) is 11.6. The maximum Gasteiger partial charge on any atom is 0.191 e. The van der Waals surface area contributed by atoms with Gasteiger partial charge in [0, 0.05) is 37.1 Å². The van der Waals surface area contributed by atoms with Crippen LogP contribution in [0.15, 0.2) is 29.4 Å². The second-order valence-corrected chi connectivity index (χ2v) is 6.70. The smallest absolute Gasteiger partial charge is 0.191 e. The van der Waals surface area contributed by atoms with Gasteiger partial charge in [0.25, 0.3) is 0 Å². The first kappa shape index (κ1) is 19.3. The lowest BCUT2D eigenvalue weighted by Gasteiger charge is -2.11. The molecular weight excluding hydrogens is 342 g/mol. The maximum absolute atomic E-state index is 13.6. The molecule has 0 aliphatic carbocycles. The van der Waals surface area contributed by atoms with Crippen molar-refractivity contribution in [1.29, 1.82) is 0 Å². The summed E-state index contributed by atoms with van der Waals surface area (Å²) in [6.07, 6.45) is 4.10. The number of guanidine groups is 1. The molecule has 25 heavy (non-hydrogen) atoms. The Hall–Kier alpha value is -2.02. The van der Waals surface area contributed by atoms with Gasteiger partial charge in [0.05, 0.1) is 5.01 Å². The lowest BCUT2D eigenvalue weighted by molar-refractivity contribution is 0.583. The van der Waals surface area contributed by atoms with Crippen LogP contribution in [0.25, 0.3) is 0 Å². The van der Waals surface area contributed by atoms with Gasteiger partial charge in [-0.15, -0.1) is 11.3 Å². The quantitative estimate of drug-likeness (QED) is 0.557. The molecule has 0 atom stereocenters. The van der Waals surface area contributed by atoms with Gasteiger partial charge in [-0.2, -0.15) is 0 Å². The molecule has 1 heterocycles. The number of aliphatic imine (C=N–C) groups is 1. The van der Waals surface area contributed by atoms with Crippen LogP contribution in [0.5, 0.6) is 0 Å². The van der Waals surface area contributed by atoms with E-state index in [1.165, 1.54) is 10.9 Å². The minimum atomic E-state index is -0.424. The van der Waals surface area contributed by atoms with Crippen LogP contribution >= 0.6 is 11.3 Å². The van der Waals surface area contributed by atoms with Gasteiger partial charge >= 0.3 is 0 Å². The molecule has 1 aromatic heterocycles. The fourth-order valence-electron chi connectivity index (χ4n) is 2.28. The van der Waals surface area contributed by atoms with E-state index in [2.05, 4.69) is 27.5 Å². The molecule has 0 amide bonds. The molecular formula is C18H24F2N4S. The van der Waals surface area contributed by atoms with Crippen molar-refractivity contribution < 1.29 is 8.78 Å². The number of aryl methyl sites for hydroxylation is 1. The maximum atomic E-state index is 13.6. The third-order valence-electron chi connectivity index (χ3n) is 3.58. The molecule has 0 saturated heterocycles. The van der Waals surface area contributed by atoms with E-state index in [9.17, 15) is 8.78 Å². The molecule has 0 aliphatic rings. The summed E-state index contributed by atoms with van der Waals surface area (Å²) >= 11 is 1.72. The van der Waals surface area contributed by atoms with Gasteiger partial charge in [-0.25, -0.2) is 13.8 Å². The van der Waals surface area contributed by atoms with Gasteiger partial charge in [0.2, 0.25) is 0 Å². The molecule has 4 nitrogen and oxygen atoms in total. The summed E-state index contributed by atoms with van der Waals surface area (Å²) in [5.41, 5.74) is 0.359. The van der Waals surface area contributed by atoms with E-state index in [-0.39, 0.29) is 5.82 Å². The molecule has 0 fully saturated rings. The molecule has 0 bridgehead atoms. The van der Waals surface area contributed by atoms with E-state index in [0.29, 0.717) is 31.0 Å². The largest absolute Gasteiger partial charge is 0.357 e. The molecule has 2 N–H and O–H groups in total. The highest BCUT2D eigenvalue weighted by atomic mass is 32.1. The van der Waals surface area contributed by atoms with E-state index in [4.69, 9.17) is 0 Å². The lowest BCUT2D eigenvalue weighted by atomic mass is 10.1. The van der Waals surface area contributed by atoms with Gasteiger partial charge in [-0.1, -0.05) is 6.92 Å². The Bertz CT molecular complexity index is 700. The van der Waals surface area contributed by atoms with Crippen molar-refractivity contribution in [3.63, 3.8) is 0 Å². The van der Waals surface area contributed by atoms with Crippen LogP contribution in [0.2, 0.25) is 0 Å². The van der Waals surface area contributed by atoms with Crippen molar-refractivity contribution in [3.05, 3.63) is 51.5 Å². The highest BCUT2D eigenvalue weighted by Gasteiger charge is 2.05. The van der Waals surface area contributed by atoms with Crippen LogP contribution in [0.3, 0.4) is 0 Å². The molecule has 0 unspecified atom stereocenters. The van der Waals surface area contributed by atoms with Gasteiger partial charge in [-0.3, -0.25) is 4.99 Å². The molecule has 136 valence electrons. The van der Waals surface area contributed by atoms with E-state index < -0.39 is 5.82 Å². The highest BCUT2D eigenvalue weighted by Crippen LogP contribution is 2.13. The average Bonchev–Trinajstić information content (AvgIpc) is 3.06. The van der Waals surface area contributed by atoms with Gasteiger partial charge in [0.1, 0.15) is 11.6 Å². The average molecular weight is 366 g/mol. The van der Waals surface area contributed by atoms with Crippen molar-refractivity contribution >= 4 is 17.3 Å². The van der Waals surface area contributed by atoms with E-state index in [1.807, 2.05) is 13.1 Å². The number of rotatable bonds is 8. The zero-order valence-electron chi connectivity index (χ0n) is 14.6. The highest BCUT2D eigenvalue weighted by molar-refractivity contribution is 7.11.